The molecular formula is C52H64O8S2. The third kappa shape index (κ3) is 13.7. The summed E-state index contributed by atoms with van der Waals surface area (Å²) in [6.45, 7) is 27.7. The molecule has 0 aliphatic heterocycles. The van der Waals surface area contributed by atoms with Crippen LogP contribution in [0.3, 0.4) is 0 Å². The van der Waals surface area contributed by atoms with Crippen LogP contribution in [0.2, 0.25) is 0 Å². The zero-order valence-corrected chi connectivity index (χ0v) is 41.2. The molecule has 0 fully saturated rings. The molecule has 4 aromatic rings. The zero-order chi connectivity index (χ0) is 47.1. The van der Waals surface area contributed by atoms with Crippen molar-refractivity contribution in [1.29, 1.82) is 0 Å². The summed E-state index contributed by atoms with van der Waals surface area (Å²) < 4.78 is 17.3. The summed E-state index contributed by atoms with van der Waals surface area (Å²) in [4.78, 5) is 51.7. The molecule has 0 spiro atoms. The van der Waals surface area contributed by atoms with E-state index in [0.717, 1.165) is 55.6 Å². The first kappa shape index (κ1) is 51.3. The predicted octanol–water partition coefficient (Wildman–Crippen LogP) is 12.8. The molecule has 332 valence electrons. The summed E-state index contributed by atoms with van der Waals surface area (Å²) in [7, 11) is 0. The van der Waals surface area contributed by atoms with Crippen molar-refractivity contribution in [2.24, 2.45) is 0 Å². The molecule has 4 rings (SSSR count). The lowest BCUT2D eigenvalue weighted by atomic mass is 10.0. The predicted molar refractivity (Wildman–Crippen MR) is 257 cm³/mol. The maximum absolute atomic E-state index is 12.8. The van der Waals surface area contributed by atoms with Gasteiger partial charge in [0.05, 0.1) is 0 Å². The summed E-state index contributed by atoms with van der Waals surface area (Å²) in [5, 5.41) is 9.29. The third-order valence-electron chi connectivity index (χ3n) is 9.84. The number of carbonyl (C=O) groups is 4. The van der Waals surface area contributed by atoms with Crippen LogP contribution in [-0.4, -0.2) is 57.9 Å². The van der Waals surface area contributed by atoms with Crippen molar-refractivity contribution < 1.29 is 38.5 Å². The highest BCUT2D eigenvalue weighted by molar-refractivity contribution is 7.99. The van der Waals surface area contributed by atoms with E-state index < -0.39 is 28.7 Å². The zero-order valence-electron chi connectivity index (χ0n) is 39.5. The van der Waals surface area contributed by atoms with Gasteiger partial charge in [0.1, 0.15) is 17.1 Å². The summed E-state index contributed by atoms with van der Waals surface area (Å²) in [5.41, 5.74) is 7.92. The number of rotatable bonds is 14. The van der Waals surface area contributed by atoms with E-state index in [-0.39, 0.29) is 11.6 Å². The van der Waals surface area contributed by atoms with E-state index in [1.165, 1.54) is 23.6 Å². The summed E-state index contributed by atoms with van der Waals surface area (Å²) in [6, 6.07) is 15.4. The number of hydrogen-bond donors (Lipinski definition) is 1. The number of carboxylic acids is 1. The smallest absolute Gasteiger partial charge is 0.350 e. The number of carboxylic acid groups (broad SMARTS) is 1. The Morgan fingerprint density at radius 1 is 0.500 bits per heavy atom. The van der Waals surface area contributed by atoms with Crippen molar-refractivity contribution in [3.05, 3.63) is 127 Å². The van der Waals surface area contributed by atoms with Crippen LogP contribution in [0, 0.1) is 55.4 Å². The molecule has 0 radical (unpaired) electrons. The Kier molecular flexibility index (Phi) is 17.3. The fourth-order valence-electron chi connectivity index (χ4n) is 6.84. The first-order valence-electron chi connectivity index (χ1n) is 20.4. The van der Waals surface area contributed by atoms with Gasteiger partial charge in [-0.1, -0.05) is 12.2 Å². The second-order valence-electron chi connectivity index (χ2n) is 17.7. The Morgan fingerprint density at radius 3 is 1.08 bits per heavy atom. The average molecular weight is 881 g/mol. The summed E-state index contributed by atoms with van der Waals surface area (Å²) >= 11 is 3.38. The normalized spacial score (nSPS) is 12.0. The van der Waals surface area contributed by atoms with E-state index in [9.17, 15) is 24.3 Å². The molecule has 0 bridgehead atoms. The number of hydrogen-bond acceptors (Lipinski definition) is 9. The molecule has 0 atom stereocenters. The molecule has 8 nitrogen and oxygen atoms in total. The number of aliphatic carboxylic acids is 1. The molecule has 4 aromatic carbocycles. The number of esters is 1. The molecule has 0 aliphatic rings. The molecular weight excluding hydrogens is 817 g/mol. The van der Waals surface area contributed by atoms with Crippen LogP contribution in [0.1, 0.15) is 125 Å². The first-order chi connectivity index (χ1) is 28.6. The monoisotopic (exact) mass is 880 g/mol. The largest absolute Gasteiger partial charge is 0.478 e. The lowest BCUT2D eigenvalue weighted by molar-refractivity contribution is -0.171. The van der Waals surface area contributed by atoms with Gasteiger partial charge in [-0.15, -0.1) is 23.5 Å². The van der Waals surface area contributed by atoms with E-state index in [1.807, 2.05) is 143 Å². The lowest BCUT2D eigenvalue weighted by Crippen LogP contribution is -2.43. The summed E-state index contributed by atoms with van der Waals surface area (Å²) in [6.07, 6.45) is 10.9. The number of allylic oxidation sites excluding steroid dienone is 2. The van der Waals surface area contributed by atoms with Crippen molar-refractivity contribution in [2.45, 2.75) is 130 Å². The maximum Gasteiger partial charge on any atom is 0.350 e. The highest BCUT2D eigenvalue weighted by atomic mass is 32.2. The number of ether oxygens (including phenoxy) is 3. The number of thioether (sulfide) groups is 2. The summed E-state index contributed by atoms with van der Waals surface area (Å²) in [5.74, 6) is -0.319. The highest BCUT2D eigenvalue weighted by Gasteiger charge is 2.35. The SMILES string of the molecule is CSc1c(C)cc(C(=O)/C=C/c2cc(C)c(OC(C)(C)C(=O)O)c(C)c2)cc1C.CSc1c(C)cc(C(=O)/C=C/c2cc(C)c(OC(C)(C)C(=O)OC(C)(C)C)c(C)c2)cc1C. The van der Waals surface area contributed by atoms with Crippen LogP contribution in [0.5, 0.6) is 11.5 Å². The van der Waals surface area contributed by atoms with E-state index >= 15 is 0 Å². The van der Waals surface area contributed by atoms with E-state index in [2.05, 4.69) is 0 Å². The second kappa shape index (κ2) is 20.9. The van der Waals surface area contributed by atoms with Crippen LogP contribution < -0.4 is 9.47 Å². The van der Waals surface area contributed by atoms with Crippen LogP contribution in [0.15, 0.2) is 70.5 Å². The Balaban J connectivity index is 0.000000333. The van der Waals surface area contributed by atoms with Crippen LogP contribution in [-0.2, 0) is 14.3 Å². The Hall–Kier alpha value is -5.06. The standard InChI is InChI=1S/C28H36O4S.C24H28O4S/c1-17-13-21(11-12-23(29)22-15-19(3)25(33-10)20(4)16-22)14-18(2)24(17)31-28(8,9)26(30)32-27(5,6)7;1-14-10-18(11-15(2)21(14)28-24(5,6)23(26)27)8-9-20(25)19-12-16(3)22(29-7)17(4)13-19/h11-16H,1-10H3;8-13H,1-7H3,(H,26,27)/b12-11+;9-8+. The van der Waals surface area contributed by atoms with Gasteiger partial charge in [-0.25, -0.2) is 9.59 Å². The Bertz CT molecular complexity index is 2320. The molecule has 0 unspecified atom stereocenters. The van der Waals surface area contributed by atoms with Crippen LogP contribution in [0.4, 0.5) is 0 Å². The van der Waals surface area contributed by atoms with Gasteiger partial charge >= 0.3 is 11.9 Å². The number of benzene rings is 4. The van der Waals surface area contributed by atoms with Gasteiger partial charge in [0.15, 0.2) is 22.8 Å². The van der Waals surface area contributed by atoms with Crippen molar-refractivity contribution in [3.8, 4) is 11.5 Å². The molecule has 0 saturated heterocycles. The van der Waals surface area contributed by atoms with Crippen LogP contribution in [0.25, 0.3) is 12.2 Å². The second-order valence-corrected chi connectivity index (χ2v) is 19.3. The maximum atomic E-state index is 12.8. The van der Waals surface area contributed by atoms with Crippen LogP contribution >= 0.6 is 23.5 Å². The van der Waals surface area contributed by atoms with Crippen molar-refractivity contribution in [2.75, 3.05) is 12.5 Å². The Labute approximate surface area is 377 Å². The highest BCUT2D eigenvalue weighted by Crippen LogP contribution is 2.32. The Morgan fingerprint density at radius 2 is 0.806 bits per heavy atom. The van der Waals surface area contributed by atoms with E-state index in [1.54, 1.807) is 55.6 Å². The first-order valence-corrected chi connectivity index (χ1v) is 22.9. The fraction of sp³-hybridized carbons (Fsp3) is 0.385. The molecule has 0 aromatic heterocycles. The topological polar surface area (TPSA) is 116 Å². The van der Waals surface area contributed by atoms with Gasteiger partial charge in [-0.2, -0.15) is 0 Å². The molecule has 0 aliphatic carbocycles. The quantitative estimate of drug-likeness (QED) is 0.0568. The minimum absolute atomic E-state index is 0.0319. The van der Waals surface area contributed by atoms with Crippen molar-refractivity contribution in [1.82, 2.24) is 0 Å². The molecule has 1 N–H and O–H groups in total. The average Bonchev–Trinajstić information content (AvgIpc) is 3.15. The van der Waals surface area contributed by atoms with Gasteiger partial charge in [0, 0.05) is 20.9 Å². The molecule has 62 heavy (non-hydrogen) atoms. The molecule has 10 heteroatoms. The number of carbonyl (C=O) groups excluding carboxylic acids is 3. The van der Waals surface area contributed by atoms with Gasteiger partial charge in [0.25, 0.3) is 0 Å². The van der Waals surface area contributed by atoms with Crippen molar-refractivity contribution in [3.63, 3.8) is 0 Å². The van der Waals surface area contributed by atoms with Gasteiger partial charge in [0.2, 0.25) is 0 Å². The van der Waals surface area contributed by atoms with Gasteiger partial charge in [-0.3, -0.25) is 9.59 Å². The number of ketones is 2. The van der Waals surface area contributed by atoms with Gasteiger partial charge < -0.3 is 19.3 Å². The van der Waals surface area contributed by atoms with E-state index in [4.69, 9.17) is 14.2 Å². The molecule has 0 heterocycles. The lowest BCUT2D eigenvalue weighted by Gasteiger charge is -2.30. The minimum atomic E-state index is -1.32. The molecule has 0 saturated carbocycles. The molecule has 0 amide bonds. The minimum Gasteiger partial charge on any atom is -0.478 e. The number of aryl methyl sites for hydroxylation is 8. The van der Waals surface area contributed by atoms with Gasteiger partial charge in [-0.05, 0) is 233 Å². The third-order valence-corrected chi connectivity index (χ3v) is 11.9. The van der Waals surface area contributed by atoms with E-state index in [0.29, 0.717) is 22.6 Å². The van der Waals surface area contributed by atoms with Crippen molar-refractivity contribution >= 4 is 59.2 Å². The fourth-order valence-corrected chi connectivity index (χ4v) is 8.37.